The van der Waals surface area contributed by atoms with Gasteiger partial charge in [-0.3, -0.25) is 4.79 Å². The molecule has 18 heavy (non-hydrogen) atoms. The number of carbonyl (C=O) groups is 1. The van der Waals surface area contributed by atoms with Crippen molar-refractivity contribution in [3.63, 3.8) is 0 Å². The van der Waals surface area contributed by atoms with Crippen LogP contribution in [0.15, 0.2) is 18.3 Å². The van der Waals surface area contributed by atoms with E-state index in [0.29, 0.717) is 18.8 Å². The second kappa shape index (κ2) is 6.23. The molecule has 2 heterocycles. The summed E-state index contributed by atoms with van der Waals surface area (Å²) in [5.41, 5.74) is 6.49. The fourth-order valence-corrected chi connectivity index (χ4v) is 2.17. The predicted molar refractivity (Wildman–Crippen MR) is 72.2 cm³/mol. The first kappa shape index (κ1) is 12.7. The van der Waals surface area contributed by atoms with Crippen LogP contribution in [0.4, 0.5) is 11.5 Å². The Balaban J connectivity index is 1.73. The highest BCUT2D eigenvalue weighted by atomic mass is 16.2. The molecule has 0 radical (unpaired) electrons. The molecule has 0 saturated carbocycles. The van der Waals surface area contributed by atoms with Gasteiger partial charge >= 0.3 is 0 Å². The number of rotatable bonds is 4. The van der Waals surface area contributed by atoms with Crippen molar-refractivity contribution in [2.24, 2.45) is 0 Å². The van der Waals surface area contributed by atoms with Crippen LogP contribution < -0.4 is 11.1 Å². The molecular weight excluding hydrogens is 228 g/mol. The summed E-state index contributed by atoms with van der Waals surface area (Å²) in [7, 11) is 0. The SMILES string of the molecule is Nc1cc(NCCC(=O)N2CCCCC2)ccn1. The highest BCUT2D eigenvalue weighted by Crippen LogP contribution is 2.11. The van der Waals surface area contributed by atoms with Crippen molar-refractivity contribution >= 4 is 17.4 Å². The normalized spacial score (nSPS) is 15.4. The molecule has 0 aliphatic carbocycles. The Hall–Kier alpha value is -1.78. The number of hydrogen-bond acceptors (Lipinski definition) is 4. The van der Waals surface area contributed by atoms with Gasteiger partial charge in [-0.1, -0.05) is 0 Å². The van der Waals surface area contributed by atoms with Gasteiger partial charge in [0.1, 0.15) is 5.82 Å². The lowest BCUT2D eigenvalue weighted by Gasteiger charge is -2.26. The number of anilines is 2. The number of piperidine rings is 1. The van der Waals surface area contributed by atoms with Crippen molar-refractivity contribution in [2.45, 2.75) is 25.7 Å². The maximum absolute atomic E-state index is 11.9. The zero-order valence-corrected chi connectivity index (χ0v) is 10.6. The maximum Gasteiger partial charge on any atom is 0.224 e. The van der Waals surface area contributed by atoms with Crippen molar-refractivity contribution in [2.75, 3.05) is 30.7 Å². The summed E-state index contributed by atoms with van der Waals surface area (Å²) in [6.07, 6.45) is 5.71. The Bertz CT molecular complexity index is 402. The lowest BCUT2D eigenvalue weighted by Crippen LogP contribution is -2.36. The summed E-state index contributed by atoms with van der Waals surface area (Å²) in [6, 6.07) is 3.62. The van der Waals surface area contributed by atoms with Gasteiger partial charge in [-0.05, 0) is 25.3 Å². The summed E-state index contributed by atoms with van der Waals surface area (Å²) >= 11 is 0. The van der Waals surface area contributed by atoms with Crippen molar-refractivity contribution < 1.29 is 4.79 Å². The highest BCUT2D eigenvalue weighted by Gasteiger charge is 2.15. The first-order valence-electron chi connectivity index (χ1n) is 6.49. The number of likely N-dealkylation sites (tertiary alicyclic amines) is 1. The zero-order chi connectivity index (χ0) is 12.8. The van der Waals surface area contributed by atoms with Crippen molar-refractivity contribution in [3.05, 3.63) is 18.3 Å². The van der Waals surface area contributed by atoms with E-state index in [1.807, 2.05) is 11.0 Å². The van der Waals surface area contributed by atoms with Crippen LogP contribution in [0.1, 0.15) is 25.7 Å². The largest absolute Gasteiger partial charge is 0.384 e. The minimum Gasteiger partial charge on any atom is -0.384 e. The smallest absolute Gasteiger partial charge is 0.224 e. The predicted octanol–water partition coefficient (Wildman–Crippen LogP) is 1.48. The molecule has 0 aromatic carbocycles. The molecule has 1 amide bonds. The fourth-order valence-electron chi connectivity index (χ4n) is 2.17. The topological polar surface area (TPSA) is 71.2 Å². The number of nitrogens with two attached hydrogens (primary N) is 1. The number of pyridine rings is 1. The number of hydrogen-bond donors (Lipinski definition) is 2. The monoisotopic (exact) mass is 248 g/mol. The number of amides is 1. The number of carbonyl (C=O) groups excluding carboxylic acids is 1. The van der Waals surface area contributed by atoms with Gasteiger partial charge in [-0.2, -0.15) is 0 Å². The molecule has 1 fully saturated rings. The molecule has 1 aliphatic heterocycles. The van der Waals surface area contributed by atoms with Crippen LogP contribution in [0.2, 0.25) is 0 Å². The molecule has 1 aliphatic rings. The van der Waals surface area contributed by atoms with Crippen LogP contribution in [-0.4, -0.2) is 35.4 Å². The molecule has 1 saturated heterocycles. The Labute approximate surface area is 107 Å². The van der Waals surface area contributed by atoms with E-state index in [4.69, 9.17) is 5.73 Å². The Morgan fingerprint density at radius 2 is 2.17 bits per heavy atom. The quantitative estimate of drug-likeness (QED) is 0.846. The average Bonchev–Trinajstić information content (AvgIpc) is 2.40. The minimum absolute atomic E-state index is 0.240. The second-order valence-electron chi connectivity index (χ2n) is 4.59. The molecule has 5 nitrogen and oxygen atoms in total. The van der Waals surface area contributed by atoms with Crippen LogP contribution in [0.3, 0.4) is 0 Å². The van der Waals surface area contributed by atoms with E-state index in [1.165, 1.54) is 6.42 Å². The summed E-state index contributed by atoms with van der Waals surface area (Å²) in [4.78, 5) is 17.8. The third kappa shape index (κ3) is 3.61. The van der Waals surface area contributed by atoms with Gasteiger partial charge < -0.3 is 16.0 Å². The van der Waals surface area contributed by atoms with Gasteiger partial charge in [-0.25, -0.2) is 4.98 Å². The minimum atomic E-state index is 0.240. The molecule has 5 heteroatoms. The first-order chi connectivity index (χ1) is 8.75. The van der Waals surface area contributed by atoms with E-state index in [0.717, 1.165) is 31.6 Å². The van der Waals surface area contributed by atoms with Gasteiger partial charge in [0.2, 0.25) is 5.91 Å². The second-order valence-corrected chi connectivity index (χ2v) is 4.59. The summed E-state index contributed by atoms with van der Waals surface area (Å²) < 4.78 is 0. The molecule has 0 bridgehead atoms. The summed E-state index contributed by atoms with van der Waals surface area (Å²) in [5, 5.41) is 3.19. The van der Waals surface area contributed by atoms with Crippen LogP contribution in [0.5, 0.6) is 0 Å². The average molecular weight is 248 g/mol. The van der Waals surface area contributed by atoms with Gasteiger partial charge in [0.25, 0.3) is 0 Å². The maximum atomic E-state index is 11.9. The molecule has 0 atom stereocenters. The van der Waals surface area contributed by atoms with Gasteiger partial charge in [-0.15, -0.1) is 0 Å². The molecule has 0 unspecified atom stereocenters. The lowest BCUT2D eigenvalue weighted by molar-refractivity contribution is -0.131. The number of nitrogen functional groups attached to an aromatic ring is 1. The number of aromatic nitrogens is 1. The molecule has 1 aromatic heterocycles. The number of nitrogens with one attached hydrogen (secondary N) is 1. The van der Waals surface area contributed by atoms with Gasteiger partial charge in [0.05, 0.1) is 0 Å². The van der Waals surface area contributed by atoms with E-state index in [2.05, 4.69) is 10.3 Å². The summed E-state index contributed by atoms with van der Waals surface area (Å²) in [6.45, 7) is 2.47. The van der Waals surface area contributed by atoms with E-state index >= 15 is 0 Å². The molecule has 1 aromatic rings. The van der Waals surface area contributed by atoms with Crippen LogP contribution in [-0.2, 0) is 4.79 Å². The highest BCUT2D eigenvalue weighted by molar-refractivity contribution is 5.76. The van der Waals surface area contributed by atoms with E-state index in [1.54, 1.807) is 12.3 Å². The number of nitrogens with zero attached hydrogens (tertiary/aromatic N) is 2. The standard InChI is InChI=1S/C13H20N4O/c14-12-10-11(4-6-16-12)15-7-5-13(18)17-8-2-1-3-9-17/h4,6,10H,1-3,5,7-9H2,(H3,14,15,16). The molecule has 2 rings (SSSR count). The Morgan fingerprint density at radius 3 is 2.89 bits per heavy atom. The fraction of sp³-hybridized carbons (Fsp3) is 0.538. The molecule has 3 N–H and O–H groups in total. The van der Waals surface area contributed by atoms with Crippen molar-refractivity contribution in [1.82, 2.24) is 9.88 Å². The van der Waals surface area contributed by atoms with Crippen LogP contribution in [0, 0.1) is 0 Å². The third-order valence-corrected chi connectivity index (χ3v) is 3.16. The molecule has 98 valence electrons. The molecular formula is C13H20N4O. The van der Waals surface area contributed by atoms with E-state index < -0.39 is 0 Å². The van der Waals surface area contributed by atoms with Gasteiger partial charge in [0.15, 0.2) is 0 Å². The van der Waals surface area contributed by atoms with Crippen LogP contribution >= 0.6 is 0 Å². The van der Waals surface area contributed by atoms with Crippen molar-refractivity contribution in [3.8, 4) is 0 Å². The third-order valence-electron chi connectivity index (χ3n) is 3.16. The van der Waals surface area contributed by atoms with Crippen LogP contribution in [0.25, 0.3) is 0 Å². The Morgan fingerprint density at radius 1 is 1.39 bits per heavy atom. The Kier molecular flexibility index (Phi) is 4.39. The first-order valence-corrected chi connectivity index (χ1v) is 6.49. The lowest BCUT2D eigenvalue weighted by atomic mass is 10.1. The molecule has 0 spiro atoms. The summed E-state index contributed by atoms with van der Waals surface area (Å²) in [5.74, 6) is 0.728. The van der Waals surface area contributed by atoms with Gasteiger partial charge in [0, 0.05) is 44.0 Å². The van der Waals surface area contributed by atoms with E-state index in [9.17, 15) is 4.79 Å². The zero-order valence-electron chi connectivity index (χ0n) is 10.6. The van der Waals surface area contributed by atoms with E-state index in [-0.39, 0.29) is 5.91 Å². The van der Waals surface area contributed by atoms with Crippen molar-refractivity contribution in [1.29, 1.82) is 0 Å².